The number of nitrogens with one attached hydrogen (secondary N) is 1. The van der Waals surface area contributed by atoms with Gasteiger partial charge >= 0.3 is 12.1 Å². The number of ether oxygens (including phenoxy) is 1. The number of hydrogen-bond acceptors (Lipinski definition) is 7. The van der Waals surface area contributed by atoms with E-state index in [1.54, 1.807) is 41.6 Å². The Morgan fingerprint density at radius 2 is 1.85 bits per heavy atom. The maximum Gasteiger partial charge on any atom is 0.415 e. The number of carbonyl (C=O) groups is 2. The lowest BCUT2D eigenvalue weighted by Crippen LogP contribution is -2.49. The highest BCUT2D eigenvalue weighted by atomic mass is 32.1. The van der Waals surface area contributed by atoms with Crippen LogP contribution in [0.15, 0.2) is 55.0 Å². The Morgan fingerprint density at radius 1 is 1.09 bits per heavy atom. The van der Waals surface area contributed by atoms with E-state index in [-0.39, 0.29) is 16.9 Å². The average molecular weight is 482 g/mol. The van der Waals surface area contributed by atoms with Crippen LogP contribution in [0.2, 0.25) is 0 Å². The minimum Gasteiger partial charge on any atom is -0.478 e. The molecule has 0 saturated carbocycles. The van der Waals surface area contributed by atoms with E-state index in [0.717, 1.165) is 49.6 Å². The summed E-state index contributed by atoms with van der Waals surface area (Å²) in [6, 6.07) is 10.6. The van der Waals surface area contributed by atoms with Gasteiger partial charge in [0, 0.05) is 50.5 Å². The summed E-state index contributed by atoms with van der Waals surface area (Å²) < 4.78 is 5.55. The molecule has 10 heteroatoms. The zero-order valence-corrected chi connectivity index (χ0v) is 19.5. The van der Waals surface area contributed by atoms with Crippen molar-refractivity contribution in [3.63, 3.8) is 0 Å². The molecule has 9 nitrogen and oxygen atoms in total. The number of aromatic amines is 1. The highest BCUT2D eigenvalue weighted by molar-refractivity contribution is 7.80. The van der Waals surface area contributed by atoms with Gasteiger partial charge in [-0.05, 0) is 49.2 Å². The minimum atomic E-state index is -0.969. The molecule has 178 valence electrons. The van der Waals surface area contributed by atoms with Crippen molar-refractivity contribution in [1.29, 1.82) is 0 Å². The van der Waals surface area contributed by atoms with Gasteiger partial charge in [-0.1, -0.05) is 12.1 Å². The topological polar surface area (TPSA) is 112 Å². The van der Waals surface area contributed by atoms with Gasteiger partial charge in [0.25, 0.3) is 0 Å². The van der Waals surface area contributed by atoms with Crippen LogP contribution >= 0.6 is 12.6 Å². The summed E-state index contributed by atoms with van der Waals surface area (Å²) in [5.41, 5.74) is 2.04. The van der Waals surface area contributed by atoms with Gasteiger partial charge in [0.05, 0.1) is 10.8 Å². The SMILES string of the molecule is O=C(O)c1ccc(CCCN2CCN(C(=O)Oc3ccc(C(S)c4ncc[nH]4)cc3)CC2)nc1. The zero-order chi connectivity index (χ0) is 23.9. The summed E-state index contributed by atoms with van der Waals surface area (Å²) in [6.45, 7) is 3.68. The van der Waals surface area contributed by atoms with Gasteiger partial charge in [0.2, 0.25) is 0 Å². The summed E-state index contributed by atoms with van der Waals surface area (Å²) in [7, 11) is 0. The summed E-state index contributed by atoms with van der Waals surface area (Å²) in [6.07, 6.45) is 6.20. The Hall–Kier alpha value is -3.37. The molecule has 1 aliphatic heterocycles. The number of aromatic carboxylic acids is 1. The number of carboxylic acid groups (broad SMARTS) is 1. The van der Waals surface area contributed by atoms with Crippen LogP contribution in [-0.4, -0.2) is 74.6 Å². The Bertz CT molecular complexity index is 1080. The van der Waals surface area contributed by atoms with Crippen LogP contribution in [-0.2, 0) is 6.42 Å². The molecule has 34 heavy (non-hydrogen) atoms. The lowest BCUT2D eigenvalue weighted by Gasteiger charge is -2.34. The highest BCUT2D eigenvalue weighted by Crippen LogP contribution is 2.27. The molecular formula is C24H27N5O4S. The second kappa shape index (κ2) is 11.2. The van der Waals surface area contributed by atoms with Crippen LogP contribution in [0.3, 0.4) is 0 Å². The number of hydrogen-bond donors (Lipinski definition) is 3. The third-order valence-corrected chi connectivity index (χ3v) is 6.33. The number of aromatic nitrogens is 3. The number of nitrogens with zero attached hydrogens (tertiary/aromatic N) is 4. The summed E-state index contributed by atoms with van der Waals surface area (Å²) in [4.78, 5) is 39.0. The minimum absolute atomic E-state index is 0.173. The smallest absolute Gasteiger partial charge is 0.415 e. The van der Waals surface area contributed by atoms with Crippen LogP contribution < -0.4 is 4.74 Å². The molecule has 2 aromatic heterocycles. The molecule has 0 aliphatic carbocycles. The number of imidazole rings is 1. The van der Waals surface area contributed by atoms with E-state index in [1.165, 1.54) is 6.20 Å². The lowest BCUT2D eigenvalue weighted by molar-refractivity contribution is 0.0696. The number of pyridine rings is 1. The molecule has 1 aromatic carbocycles. The number of benzene rings is 1. The summed E-state index contributed by atoms with van der Waals surface area (Å²) in [5, 5.41) is 8.77. The molecule has 1 unspecified atom stereocenters. The number of amides is 1. The van der Waals surface area contributed by atoms with E-state index in [1.807, 2.05) is 12.1 Å². The van der Waals surface area contributed by atoms with Crippen molar-refractivity contribution < 1.29 is 19.4 Å². The molecule has 0 radical (unpaired) electrons. The van der Waals surface area contributed by atoms with E-state index in [4.69, 9.17) is 9.84 Å². The molecule has 1 amide bonds. The second-order valence-corrected chi connectivity index (χ2v) is 8.61. The third kappa shape index (κ3) is 6.15. The fraction of sp³-hybridized carbons (Fsp3) is 0.333. The molecule has 1 atom stereocenters. The molecular weight excluding hydrogens is 454 g/mol. The number of rotatable bonds is 8. The number of thiol groups is 1. The highest BCUT2D eigenvalue weighted by Gasteiger charge is 2.22. The fourth-order valence-corrected chi connectivity index (χ4v) is 4.12. The number of piperazine rings is 1. The number of aryl methyl sites for hydroxylation is 1. The number of H-pyrrole nitrogens is 1. The number of carboxylic acids is 1. The Kier molecular flexibility index (Phi) is 7.81. The second-order valence-electron chi connectivity index (χ2n) is 8.09. The first kappa shape index (κ1) is 23.8. The predicted molar refractivity (Wildman–Crippen MR) is 129 cm³/mol. The van der Waals surface area contributed by atoms with E-state index in [9.17, 15) is 9.59 Å². The monoisotopic (exact) mass is 481 g/mol. The molecule has 2 N–H and O–H groups in total. The van der Waals surface area contributed by atoms with Crippen LogP contribution in [0, 0.1) is 0 Å². The van der Waals surface area contributed by atoms with Gasteiger partial charge < -0.3 is 19.7 Å². The van der Waals surface area contributed by atoms with Gasteiger partial charge in [0.15, 0.2) is 0 Å². The van der Waals surface area contributed by atoms with Gasteiger partial charge in [0.1, 0.15) is 11.6 Å². The maximum atomic E-state index is 12.6. The quantitative estimate of drug-likeness (QED) is 0.424. The Labute approximate surface area is 203 Å². The molecule has 1 saturated heterocycles. The van der Waals surface area contributed by atoms with Gasteiger partial charge in [-0.25, -0.2) is 14.6 Å². The normalized spacial score (nSPS) is 15.1. The van der Waals surface area contributed by atoms with E-state index >= 15 is 0 Å². The Morgan fingerprint density at radius 3 is 2.47 bits per heavy atom. The fourth-order valence-electron chi connectivity index (χ4n) is 3.81. The van der Waals surface area contributed by atoms with Crippen LogP contribution in [0.1, 0.15) is 39.1 Å². The first-order valence-electron chi connectivity index (χ1n) is 11.1. The Balaban J connectivity index is 1.18. The van der Waals surface area contributed by atoms with Crippen molar-refractivity contribution in [2.75, 3.05) is 32.7 Å². The molecule has 3 heterocycles. The first-order chi connectivity index (χ1) is 16.5. The van der Waals surface area contributed by atoms with Crippen molar-refractivity contribution >= 4 is 24.7 Å². The van der Waals surface area contributed by atoms with Gasteiger partial charge in [-0.2, -0.15) is 12.6 Å². The molecule has 0 bridgehead atoms. The summed E-state index contributed by atoms with van der Waals surface area (Å²) >= 11 is 4.59. The van der Waals surface area contributed by atoms with E-state index < -0.39 is 5.97 Å². The summed E-state index contributed by atoms with van der Waals surface area (Å²) in [5.74, 6) is 0.291. The van der Waals surface area contributed by atoms with Crippen molar-refractivity contribution in [3.8, 4) is 5.75 Å². The van der Waals surface area contributed by atoms with Gasteiger partial charge in [-0.3, -0.25) is 9.88 Å². The van der Waals surface area contributed by atoms with Crippen molar-refractivity contribution in [3.05, 3.63) is 77.6 Å². The van der Waals surface area contributed by atoms with Crippen LogP contribution in [0.5, 0.6) is 5.75 Å². The lowest BCUT2D eigenvalue weighted by atomic mass is 10.1. The number of carbonyl (C=O) groups excluding carboxylic acids is 1. The zero-order valence-electron chi connectivity index (χ0n) is 18.6. The first-order valence-corrected chi connectivity index (χ1v) is 11.7. The van der Waals surface area contributed by atoms with Gasteiger partial charge in [-0.15, -0.1) is 0 Å². The predicted octanol–water partition coefficient (Wildman–Crippen LogP) is 3.27. The van der Waals surface area contributed by atoms with Crippen molar-refractivity contribution in [2.24, 2.45) is 0 Å². The molecule has 3 aromatic rings. The third-order valence-electron chi connectivity index (χ3n) is 5.79. The molecule has 0 spiro atoms. The van der Waals surface area contributed by atoms with Crippen molar-refractivity contribution in [2.45, 2.75) is 18.1 Å². The average Bonchev–Trinajstić information content (AvgIpc) is 3.40. The van der Waals surface area contributed by atoms with Crippen LogP contribution in [0.25, 0.3) is 0 Å². The van der Waals surface area contributed by atoms with Crippen molar-refractivity contribution in [1.82, 2.24) is 24.8 Å². The van der Waals surface area contributed by atoms with E-state index in [0.29, 0.717) is 18.8 Å². The van der Waals surface area contributed by atoms with E-state index in [2.05, 4.69) is 32.5 Å². The largest absolute Gasteiger partial charge is 0.478 e. The van der Waals surface area contributed by atoms with Crippen LogP contribution in [0.4, 0.5) is 4.79 Å². The molecule has 1 aliphatic rings. The standard InChI is InChI=1S/C24H27N5O4S/c30-23(31)18-3-6-19(27-16-18)2-1-11-28-12-14-29(15-13-28)24(32)33-20-7-4-17(5-8-20)21(34)22-25-9-10-26-22/h3-10,16,21,34H,1-2,11-15H2,(H,25,26)(H,30,31). The molecule has 1 fully saturated rings. The maximum absolute atomic E-state index is 12.6. The molecule has 4 rings (SSSR count).